The molecule has 1 saturated heterocycles. The molecule has 45 heavy (non-hydrogen) atoms. The molecule has 246 valence electrons. The molecule has 2 heterocycles. The number of nitrogens with zero attached hydrogens (tertiary/aromatic N) is 6. The van der Waals surface area contributed by atoms with Crippen LogP contribution in [-0.2, 0) is 38.6 Å². The number of hydrogen-bond donors (Lipinski definition) is 1. The molecule has 0 aliphatic carbocycles. The second kappa shape index (κ2) is 14.2. The van der Waals surface area contributed by atoms with Crippen molar-refractivity contribution >= 4 is 21.9 Å². The molecule has 4 rings (SSSR count). The number of aromatic nitrogens is 4. The number of rotatable bonds is 9. The van der Waals surface area contributed by atoms with Crippen LogP contribution < -0.4 is 4.74 Å². The van der Waals surface area contributed by atoms with E-state index in [1.807, 2.05) is 0 Å². The third-order valence-electron chi connectivity index (χ3n) is 6.49. The number of aliphatic carboxylic acids is 1. The Morgan fingerprint density at radius 1 is 1.04 bits per heavy atom. The first-order chi connectivity index (χ1) is 21.0. The monoisotopic (exact) mass is 662 g/mol. The highest BCUT2D eigenvalue weighted by atomic mass is 32.2. The average molecular weight is 663 g/mol. The molecule has 2 N–H and O–H groups in total. The number of carboxylic acids is 1. The van der Waals surface area contributed by atoms with Crippen LogP contribution in [0, 0.1) is 6.92 Å². The Kier molecular flexibility index (Phi) is 11.2. The predicted molar refractivity (Wildman–Crippen MR) is 146 cm³/mol. The summed E-state index contributed by atoms with van der Waals surface area (Å²) in [6.07, 6.45) is -5.13. The number of piperazine rings is 1. The minimum absolute atomic E-state index is 0.0344. The number of tetrazole rings is 1. The number of carbonyl (C=O) groups is 2. The van der Waals surface area contributed by atoms with Gasteiger partial charge in [0, 0.05) is 31.6 Å². The lowest BCUT2D eigenvalue weighted by Gasteiger charge is -2.38. The van der Waals surface area contributed by atoms with Gasteiger partial charge in [-0.3, -0.25) is 9.59 Å². The Balaban J connectivity index is 0.000000355. The molecular weight excluding hydrogens is 633 g/mol. The lowest BCUT2D eigenvalue weighted by molar-refractivity contribution is -0.274. The van der Waals surface area contributed by atoms with Crippen LogP contribution in [-0.4, -0.2) is 86.9 Å². The second-order valence-electron chi connectivity index (χ2n) is 9.63. The molecule has 1 atom stereocenters. The van der Waals surface area contributed by atoms with E-state index in [0.29, 0.717) is 10.1 Å². The van der Waals surface area contributed by atoms with Crippen LogP contribution in [0.3, 0.4) is 0 Å². The third-order valence-corrected chi connectivity index (χ3v) is 8.41. The Hall–Kier alpha value is -4.23. The van der Waals surface area contributed by atoms with Crippen LogP contribution >= 0.6 is 0 Å². The van der Waals surface area contributed by atoms with Crippen LogP contribution in [0.2, 0.25) is 0 Å². The Morgan fingerprint density at radius 2 is 1.67 bits per heavy atom. The molecule has 0 spiro atoms. The van der Waals surface area contributed by atoms with Crippen molar-refractivity contribution in [3.8, 4) is 5.75 Å². The van der Waals surface area contributed by atoms with Crippen LogP contribution in [0.15, 0.2) is 53.4 Å². The average Bonchev–Trinajstić information content (AvgIpc) is 3.40. The fraction of sp³-hybridized carbons (Fsp3) is 0.423. The van der Waals surface area contributed by atoms with Crippen molar-refractivity contribution in [1.29, 1.82) is 0 Å². The topological polar surface area (TPSA) is 172 Å². The number of sulfonamides is 1. The molecule has 1 aliphatic rings. The standard InChI is InChI=1S/C16H17F3N6O6S.C10H12F2N/c1-10-20-22-25(21-10)9-14(26)23-6-7-24(13(8-23)15(27)28)32(29,30)12-4-2-11(3-5-12)31-16(17,18)19;1-2-10(11,12)9-5-3-8(7-13)4-6-9/h2-5,13H,6-9H2,1H3,(H,27,28);3-6,13H,2,7H2,1H3/q;-1/t13-;/m1./s1. The van der Waals surface area contributed by atoms with Gasteiger partial charge in [-0.15, -0.1) is 29.9 Å². The van der Waals surface area contributed by atoms with Crippen molar-refractivity contribution in [3.63, 3.8) is 0 Å². The molecule has 3 aromatic rings. The van der Waals surface area contributed by atoms with Crippen LogP contribution in [0.1, 0.15) is 30.3 Å². The predicted octanol–water partition coefficient (Wildman–Crippen LogP) is 3.61. The van der Waals surface area contributed by atoms with Gasteiger partial charge in [0.2, 0.25) is 15.9 Å². The first-order valence-electron chi connectivity index (χ1n) is 13.2. The summed E-state index contributed by atoms with van der Waals surface area (Å²) >= 11 is 0. The van der Waals surface area contributed by atoms with E-state index in [-0.39, 0.29) is 38.2 Å². The fourth-order valence-electron chi connectivity index (χ4n) is 4.11. The van der Waals surface area contributed by atoms with E-state index in [2.05, 4.69) is 20.1 Å². The van der Waals surface area contributed by atoms with E-state index in [1.54, 1.807) is 19.1 Å². The zero-order valence-electron chi connectivity index (χ0n) is 23.9. The fourth-order valence-corrected chi connectivity index (χ4v) is 5.68. The number of ether oxygens (including phenoxy) is 1. The Bertz CT molecular complexity index is 1570. The van der Waals surface area contributed by atoms with Crippen molar-refractivity contribution in [3.05, 3.63) is 71.2 Å². The molecular formula is C26H29F5N7O6S-. The SMILES string of the molecule is CCC(F)(F)c1ccc(C[NH-])cc1.Cc1nnn(CC(=O)N2CCN(S(=O)(=O)c3ccc(OC(F)(F)F)cc3)[C@@H](C(=O)O)C2)n1. The molecule has 1 fully saturated rings. The first kappa shape index (κ1) is 35.3. The second-order valence-corrected chi connectivity index (χ2v) is 11.5. The molecule has 13 nitrogen and oxygen atoms in total. The maximum Gasteiger partial charge on any atom is 0.573 e. The lowest BCUT2D eigenvalue weighted by atomic mass is 10.0. The van der Waals surface area contributed by atoms with E-state index in [0.717, 1.165) is 34.6 Å². The van der Waals surface area contributed by atoms with Crippen LogP contribution in [0.5, 0.6) is 5.75 Å². The Labute approximate surface area is 254 Å². The molecule has 1 aromatic heterocycles. The number of nitrogens with one attached hydrogen (secondary N) is 1. The molecule has 1 aliphatic heterocycles. The minimum atomic E-state index is -4.95. The molecule has 0 radical (unpaired) electrons. The van der Waals surface area contributed by atoms with Gasteiger partial charge in [0.1, 0.15) is 18.3 Å². The van der Waals surface area contributed by atoms with E-state index < -0.39 is 57.4 Å². The molecule has 2 aromatic carbocycles. The summed E-state index contributed by atoms with van der Waals surface area (Å²) in [4.78, 5) is 26.0. The molecule has 1 amide bonds. The first-order valence-corrected chi connectivity index (χ1v) is 14.7. The number of alkyl halides is 5. The van der Waals surface area contributed by atoms with E-state index in [9.17, 15) is 45.1 Å². The minimum Gasteiger partial charge on any atom is -0.674 e. The normalized spacial score (nSPS) is 16.1. The molecule has 0 bridgehead atoms. The molecule has 0 unspecified atom stereocenters. The van der Waals surface area contributed by atoms with Crippen LogP contribution in [0.25, 0.3) is 5.73 Å². The largest absolute Gasteiger partial charge is 0.674 e. The van der Waals surface area contributed by atoms with Gasteiger partial charge in [-0.2, -0.15) is 9.10 Å². The van der Waals surface area contributed by atoms with Crippen LogP contribution in [0.4, 0.5) is 22.0 Å². The zero-order chi connectivity index (χ0) is 33.6. The smallest absolute Gasteiger partial charge is 0.573 e. The summed E-state index contributed by atoms with van der Waals surface area (Å²) in [6, 6.07) is 7.72. The number of amides is 1. The van der Waals surface area contributed by atoms with Crippen molar-refractivity contribution in [2.45, 2.75) is 56.6 Å². The zero-order valence-corrected chi connectivity index (χ0v) is 24.7. The van der Waals surface area contributed by atoms with Gasteiger partial charge in [0.15, 0.2) is 5.82 Å². The quantitative estimate of drug-likeness (QED) is 0.336. The summed E-state index contributed by atoms with van der Waals surface area (Å²) in [7, 11) is -4.38. The van der Waals surface area contributed by atoms with Gasteiger partial charge < -0.3 is 20.5 Å². The highest BCUT2D eigenvalue weighted by molar-refractivity contribution is 7.89. The van der Waals surface area contributed by atoms with Gasteiger partial charge in [0.25, 0.3) is 5.92 Å². The van der Waals surface area contributed by atoms with E-state index >= 15 is 0 Å². The lowest BCUT2D eigenvalue weighted by Crippen LogP contribution is -2.59. The maximum absolute atomic E-state index is 13.1. The van der Waals surface area contributed by atoms with E-state index in [1.165, 1.54) is 24.0 Å². The van der Waals surface area contributed by atoms with Gasteiger partial charge in [0.05, 0.1) is 4.90 Å². The van der Waals surface area contributed by atoms with Gasteiger partial charge in [-0.25, -0.2) is 17.2 Å². The van der Waals surface area contributed by atoms with Gasteiger partial charge in [-0.1, -0.05) is 36.8 Å². The number of benzene rings is 2. The molecule has 0 saturated carbocycles. The third kappa shape index (κ3) is 9.38. The summed E-state index contributed by atoms with van der Waals surface area (Å²) in [5.41, 5.74) is 7.82. The number of carboxylic acid groups (broad SMARTS) is 1. The Morgan fingerprint density at radius 3 is 2.16 bits per heavy atom. The van der Waals surface area contributed by atoms with Crippen molar-refractivity contribution in [1.82, 2.24) is 29.4 Å². The van der Waals surface area contributed by atoms with Crippen molar-refractivity contribution < 1.29 is 49.8 Å². The highest BCUT2D eigenvalue weighted by Crippen LogP contribution is 2.31. The van der Waals surface area contributed by atoms with Gasteiger partial charge in [-0.05, 0) is 36.4 Å². The number of halogens is 5. The summed E-state index contributed by atoms with van der Waals surface area (Å²) in [5.74, 6) is -5.04. The van der Waals surface area contributed by atoms with Crippen molar-refractivity contribution in [2.75, 3.05) is 19.6 Å². The number of carbonyl (C=O) groups excluding carboxylic acids is 1. The maximum atomic E-state index is 13.1. The van der Waals surface area contributed by atoms with Crippen molar-refractivity contribution in [2.24, 2.45) is 0 Å². The van der Waals surface area contributed by atoms with Gasteiger partial charge >= 0.3 is 12.3 Å². The molecule has 19 heteroatoms. The summed E-state index contributed by atoms with van der Waals surface area (Å²) < 4.78 is 93.3. The summed E-state index contributed by atoms with van der Waals surface area (Å²) in [6.45, 7) is 1.98. The van der Waals surface area contributed by atoms with E-state index in [4.69, 9.17) is 5.73 Å². The summed E-state index contributed by atoms with van der Waals surface area (Å²) in [5, 5.41) is 20.7. The number of hydrogen-bond acceptors (Lipinski definition) is 8. The number of aryl methyl sites for hydroxylation is 1. The highest BCUT2D eigenvalue weighted by Gasteiger charge is 2.41.